The number of benzene rings is 1. The molecule has 2 heterocycles. The molecule has 0 fully saturated rings. The van der Waals surface area contributed by atoms with Crippen LogP contribution in [0.3, 0.4) is 0 Å². The Morgan fingerprint density at radius 3 is 2.67 bits per heavy atom. The van der Waals surface area contributed by atoms with E-state index in [0.717, 1.165) is 0 Å². The first kappa shape index (κ1) is 16.8. The number of ether oxygens (including phenoxy) is 1. The molecule has 2 N–H and O–H groups in total. The molecule has 2 aromatic heterocycles. The smallest absolute Gasteiger partial charge is 0.278 e. The van der Waals surface area contributed by atoms with Crippen molar-refractivity contribution in [2.75, 3.05) is 12.3 Å². The minimum absolute atomic E-state index is 0.129. The Morgan fingerprint density at radius 1 is 1.21 bits per heavy atom. The maximum absolute atomic E-state index is 13.3. The zero-order chi connectivity index (χ0) is 17.3. The van der Waals surface area contributed by atoms with Crippen LogP contribution in [0.4, 0.5) is 14.5 Å². The lowest BCUT2D eigenvalue weighted by Crippen LogP contribution is -2.11. The summed E-state index contributed by atoms with van der Waals surface area (Å²) in [7, 11) is 0. The molecule has 4 nitrogen and oxygen atoms in total. The Morgan fingerprint density at radius 2 is 2.00 bits per heavy atom. The molecule has 0 aliphatic rings. The van der Waals surface area contributed by atoms with Gasteiger partial charge in [-0.1, -0.05) is 23.2 Å². The maximum Gasteiger partial charge on any atom is 0.278 e. The van der Waals surface area contributed by atoms with Gasteiger partial charge in [0.05, 0.1) is 34.7 Å². The largest absolute Gasteiger partial charge is 0.490 e. The predicted octanol–water partition coefficient (Wildman–Crippen LogP) is 4.94. The number of anilines is 1. The molecule has 0 aliphatic carbocycles. The van der Waals surface area contributed by atoms with Crippen molar-refractivity contribution in [3.05, 3.63) is 52.4 Å². The van der Waals surface area contributed by atoms with Crippen molar-refractivity contribution in [2.24, 2.45) is 0 Å². The molecule has 3 aromatic rings. The minimum Gasteiger partial charge on any atom is -0.490 e. The number of halogens is 4. The highest BCUT2D eigenvalue weighted by molar-refractivity contribution is 6.38. The summed E-state index contributed by atoms with van der Waals surface area (Å²) >= 11 is 11.8. The molecule has 1 aromatic carbocycles. The van der Waals surface area contributed by atoms with Crippen LogP contribution in [0.25, 0.3) is 10.9 Å². The van der Waals surface area contributed by atoms with Crippen LogP contribution >= 0.6 is 23.2 Å². The third-order valence-corrected chi connectivity index (χ3v) is 4.23. The highest BCUT2D eigenvalue weighted by Gasteiger charge is 2.19. The third-order valence-electron chi connectivity index (χ3n) is 3.59. The third kappa shape index (κ3) is 3.25. The maximum atomic E-state index is 13.3. The van der Waals surface area contributed by atoms with E-state index in [2.05, 4.69) is 4.98 Å². The average Bonchev–Trinajstić information content (AvgIpc) is 2.93. The number of nitrogen functional groups attached to an aromatic ring is 1. The van der Waals surface area contributed by atoms with Crippen molar-refractivity contribution >= 4 is 39.8 Å². The summed E-state index contributed by atoms with van der Waals surface area (Å²) in [5, 5.41) is 1.13. The summed E-state index contributed by atoms with van der Waals surface area (Å²) in [5.74, 6) is 0.511. The van der Waals surface area contributed by atoms with Gasteiger partial charge in [-0.25, -0.2) is 13.8 Å². The van der Waals surface area contributed by atoms with Crippen LogP contribution in [0.5, 0.6) is 5.75 Å². The lowest BCUT2D eigenvalue weighted by Gasteiger charge is -2.12. The SMILES string of the molecule is Nc1ccc2c(cc(C(F)F)n2CCOc2ccc(Cl)nc2)c1Cl. The molecular formula is C16H13Cl2F2N3O. The van der Waals surface area contributed by atoms with Gasteiger partial charge in [-0.15, -0.1) is 0 Å². The molecule has 24 heavy (non-hydrogen) atoms. The van der Waals surface area contributed by atoms with Crippen LogP contribution in [-0.4, -0.2) is 16.2 Å². The van der Waals surface area contributed by atoms with E-state index >= 15 is 0 Å². The number of nitrogens with zero attached hydrogens (tertiary/aromatic N) is 2. The van der Waals surface area contributed by atoms with Crippen molar-refractivity contribution in [3.63, 3.8) is 0 Å². The van der Waals surface area contributed by atoms with Crippen LogP contribution in [-0.2, 0) is 6.54 Å². The van der Waals surface area contributed by atoms with Gasteiger partial charge in [0.2, 0.25) is 0 Å². The fourth-order valence-electron chi connectivity index (χ4n) is 2.47. The Kier molecular flexibility index (Phi) is 4.78. The molecule has 0 saturated heterocycles. The van der Waals surface area contributed by atoms with Crippen molar-refractivity contribution in [1.82, 2.24) is 9.55 Å². The highest BCUT2D eigenvalue weighted by Crippen LogP contribution is 2.34. The molecule has 0 radical (unpaired) electrons. The summed E-state index contributed by atoms with van der Waals surface area (Å²) in [6.45, 7) is 0.418. The summed E-state index contributed by atoms with van der Waals surface area (Å²) in [5.41, 5.74) is 6.55. The number of fused-ring (bicyclic) bond motifs is 1. The lowest BCUT2D eigenvalue weighted by molar-refractivity contribution is 0.140. The molecule has 0 bridgehead atoms. The quantitative estimate of drug-likeness (QED) is 0.510. The Bertz CT molecular complexity index is 866. The van der Waals surface area contributed by atoms with Crippen LogP contribution in [0.2, 0.25) is 10.2 Å². The second-order valence-corrected chi connectivity index (χ2v) is 5.85. The molecule has 8 heteroatoms. The number of rotatable bonds is 5. The van der Waals surface area contributed by atoms with Crippen molar-refractivity contribution in [2.45, 2.75) is 13.0 Å². The van der Waals surface area contributed by atoms with Gasteiger partial charge in [-0.2, -0.15) is 0 Å². The van der Waals surface area contributed by atoms with E-state index in [1.807, 2.05) is 0 Å². The van der Waals surface area contributed by atoms with Gasteiger partial charge in [0.25, 0.3) is 6.43 Å². The number of nitrogens with two attached hydrogens (primary N) is 1. The van der Waals surface area contributed by atoms with Crippen LogP contribution in [0.1, 0.15) is 12.1 Å². The molecule has 0 aliphatic heterocycles. The molecule has 0 amide bonds. The molecule has 3 rings (SSSR count). The first-order chi connectivity index (χ1) is 11.5. The van der Waals surface area contributed by atoms with Crippen molar-refractivity contribution < 1.29 is 13.5 Å². The fraction of sp³-hybridized carbons (Fsp3) is 0.188. The number of pyridine rings is 1. The van der Waals surface area contributed by atoms with E-state index in [-0.39, 0.29) is 23.9 Å². The van der Waals surface area contributed by atoms with E-state index in [1.165, 1.54) is 16.8 Å². The predicted molar refractivity (Wildman–Crippen MR) is 91.1 cm³/mol. The topological polar surface area (TPSA) is 53.1 Å². The van der Waals surface area contributed by atoms with Crippen molar-refractivity contribution in [1.29, 1.82) is 0 Å². The molecule has 0 spiro atoms. The van der Waals surface area contributed by atoms with Gasteiger partial charge >= 0.3 is 0 Å². The molecular weight excluding hydrogens is 359 g/mol. The number of alkyl halides is 2. The molecule has 0 atom stereocenters. The summed E-state index contributed by atoms with van der Waals surface area (Å²) < 4.78 is 33.7. The Hall–Kier alpha value is -2.05. The van der Waals surface area contributed by atoms with Crippen molar-refractivity contribution in [3.8, 4) is 5.75 Å². The van der Waals surface area contributed by atoms with Gasteiger partial charge in [0, 0.05) is 5.39 Å². The summed E-state index contributed by atoms with van der Waals surface area (Å²) in [6.07, 6.45) is -1.16. The molecule has 126 valence electrons. The zero-order valence-electron chi connectivity index (χ0n) is 12.3. The summed E-state index contributed by atoms with van der Waals surface area (Å²) in [6, 6.07) is 7.89. The van der Waals surface area contributed by atoms with Gasteiger partial charge in [-0.05, 0) is 30.3 Å². The fourth-order valence-corrected chi connectivity index (χ4v) is 2.80. The van der Waals surface area contributed by atoms with Gasteiger partial charge in [-0.3, -0.25) is 0 Å². The Balaban J connectivity index is 1.86. The second kappa shape index (κ2) is 6.83. The zero-order valence-corrected chi connectivity index (χ0v) is 13.9. The van der Waals surface area contributed by atoms with Crippen LogP contribution in [0.15, 0.2) is 36.5 Å². The average molecular weight is 372 g/mol. The van der Waals surface area contributed by atoms with Gasteiger partial charge in [0.15, 0.2) is 0 Å². The number of hydrogen-bond acceptors (Lipinski definition) is 3. The van der Waals surface area contributed by atoms with Crippen LogP contribution in [0, 0.1) is 0 Å². The van der Waals surface area contributed by atoms with E-state index in [0.29, 0.717) is 27.5 Å². The molecule has 0 saturated carbocycles. The van der Waals surface area contributed by atoms with E-state index in [4.69, 9.17) is 33.7 Å². The van der Waals surface area contributed by atoms with E-state index in [9.17, 15) is 8.78 Å². The van der Waals surface area contributed by atoms with Gasteiger partial charge in [0.1, 0.15) is 17.5 Å². The Labute approximate surface area is 146 Å². The monoisotopic (exact) mass is 371 g/mol. The number of aromatic nitrogens is 2. The highest BCUT2D eigenvalue weighted by atomic mass is 35.5. The van der Waals surface area contributed by atoms with E-state index in [1.54, 1.807) is 24.3 Å². The minimum atomic E-state index is -2.63. The lowest BCUT2D eigenvalue weighted by atomic mass is 10.2. The van der Waals surface area contributed by atoms with Crippen LogP contribution < -0.4 is 10.5 Å². The molecule has 0 unspecified atom stereocenters. The summed E-state index contributed by atoms with van der Waals surface area (Å²) in [4.78, 5) is 3.89. The standard InChI is InChI=1S/C16H13Cl2F2N3O/c17-14-4-1-9(8-22-14)24-6-5-23-12-3-2-11(21)15(18)10(12)7-13(23)16(19)20/h1-4,7-8,16H,5-6,21H2. The first-order valence-corrected chi connectivity index (χ1v) is 7.82. The first-order valence-electron chi connectivity index (χ1n) is 7.07. The van der Waals surface area contributed by atoms with E-state index < -0.39 is 6.43 Å². The van der Waals surface area contributed by atoms with Gasteiger partial charge < -0.3 is 15.0 Å². The second-order valence-electron chi connectivity index (χ2n) is 5.09. The normalized spacial score (nSPS) is 11.4. The number of hydrogen-bond donors (Lipinski definition) is 1.